The molecule has 0 bridgehead atoms. The van der Waals surface area contributed by atoms with Crippen LogP contribution < -0.4 is 0 Å². The third-order valence-corrected chi connectivity index (χ3v) is 5.56. The van der Waals surface area contributed by atoms with Gasteiger partial charge in [-0.05, 0) is 46.7 Å². The van der Waals surface area contributed by atoms with E-state index in [1.54, 1.807) is 36.0 Å². The molecule has 0 amide bonds. The molecule has 0 radical (unpaired) electrons. The minimum absolute atomic E-state index is 0.0808. The van der Waals surface area contributed by atoms with E-state index in [9.17, 15) is 18.3 Å². The van der Waals surface area contributed by atoms with Crippen LogP contribution >= 0.6 is 0 Å². The molecule has 0 aliphatic carbocycles. The van der Waals surface area contributed by atoms with Gasteiger partial charge in [0.15, 0.2) is 0 Å². The third-order valence-electron chi connectivity index (χ3n) is 5.56. The number of tetrazole rings is 1. The monoisotopic (exact) mass is 442 g/mol. The van der Waals surface area contributed by atoms with Crippen molar-refractivity contribution in [1.29, 1.82) is 0 Å². The lowest BCUT2D eigenvalue weighted by Gasteiger charge is -2.33. The summed E-state index contributed by atoms with van der Waals surface area (Å²) < 4.78 is 44.2. The minimum Gasteiger partial charge on any atom is -0.382 e. The summed E-state index contributed by atoms with van der Waals surface area (Å²) in [5.74, 6) is -2.59. The highest BCUT2D eigenvalue weighted by Crippen LogP contribution is 2.39. The first-order valence-corrected chi connectivity index (χ1v) is 10.0. The van der Waals surface area contributed by atoms with Gasteiger partial charge in [-0.15, -0.1) is 5.10 Å². The Balaban J connectivity index is 1.59. The Morgan fingerprint density at radius 1 is 1.00 bits per heavy atom. The number of benzene rings is 2. The van der Waals surface area contributed by atoms with Gasteiger partial charge in [0, 0.05) is 30.3 Å². The predicted molar refractivity (Wildman–Crippen MR) is 109 cm³/mol. The molecule has 2 aromatic carbocycles. The van der Waals surface area contributed by atoms with Crippen LogP contribution in [0.15, 0.2) is 61.1 Å². The fraction of sp³-hybridized carbons (Fsp3) is 0.273. The number of rotatable bonds is 8. The Hall–Kier alpha value is -3.53. The van der Waals surface area contributed by atoms with E-state index >= 15 is 0 Å². The lowest BCUT2D eigenvalue weighted by atomic mass is 9.80. The molecular formula is C22H21F3N6O. The van der Waals surface area contributed by atoms with Crippen molar-refractivity contribution in [2.75, 3.05) is 0 Å². The molecule has 7 nitrogen and oxygen atoms in total. The molecule has 166 valence electrons. The average molecular weight is 442 g/mol. The van der Waals surface area contributed by atoms with Gasteiger partial charge in [0.05, 0.1) is 12.2 Å². The van der Waals surface area contributed by atoms with E-state index in [0.717, 1.165) is 17.7 Å². The number of halogens is 3. The normalized spacial score (nSPS) is 14.3. The summed E-state index contributed by atoms with van der Waals surface area (Å²) in [5.41, 5.74) is -0.408. The fourth-order valence-electron chi connectivity index (χ4n) is 3.67. The molecule has 0 saturated heterocycles. The Morgan fingerprint density at radius 3 is 2.44 bits per heavy atom. The largest absolute Gasteiger partial charge is 0.382 e. The maximum absolute atomic E-state index is 14.7. The molecule has 2 aromatic heterocycles. The number of aryl methyl sites for hydroxylation is 2. The molecule has 4 aromatic rings. The van der Waals surface area contributed by atoms with Crippen LogP contribution in [0.2, 0.25) is 0 Å². The molecule has 0 aliphatic rings. The Labute approximate surface area is 182 Å². The molecular weight excluding hydrogens is 421 g/mol. The molecule has 0 spiro atoms. The van der Waals surface area contributed by atoms with E-state index in [0.29, 0.717) is 18.7 Å². The highest BCUT2D eigenvalue weighted by Gasteiger charge is 2.41. The number of aromatic nitrogens is 6. The first kappa shape index (κ1) is 21.7. The molecule has 0 aliphatic heterocycles. The molecule has 0 fully saturated rings. The zero-order chi connectivity index (χ0) is 22.7. The summed E-state index contributed by atoms with van der Waals surface area (Å²) in [5, 5.41) is 27.0. The number of hydrogen-bond donors (Lipinski definition) is 1. The van der Waals surface area contributed by atoms with E-state index in [4.69, 9.17) is 0 Å². The lowest BCUT2D eigenvalue weighted by molar-refractivity contribution is -0.0128. The molecule has 0 unspecified atom stereocenters. The van der Waals surface area contributed by atoms with E-state index in [1.807, 2.05) is 0 Å². The van der Waals surface area contributed by atoms with Crippen LogP contribution in [-0.2, 0) is 25.1 Å². The molecule has 0 saturated carbocycles. The van der Waals surface area contributed by atoms with Crippen molar-refractivity contribution in [2.45, 2.75) is 38.0 Å². The van der Waals surface area contributed by atoms with Crippen molar-refractivity contribution >= 4 is 0 Å². The second-order valence-corrected chi connectivity index (χ2v) is 7.66. The fourth-order valence-corrected chi connectivity index (χ4v) is 3.67. The Morgan fingerprint density at radius 2 is 1.75 bits per heavy atom. The summed E-state index contributed by atoms with van der Waals surface area (Å²) in [6.07, 6.45) is 3.70. The predicted octanol–water partition coefficient (Wildman–Crippen LogP) is 3.22. The van der Waals surface area contributed by atoms with Gasteiger partial charge in [0.2, 0.25) is 0 Å². The maximum atomic E-state index is 14.7. The van der Waals surface area contributed by atoms with Crippen molar-refractivity contribution in [2.24, 2.45) is 0 Å². The van der Waals surface area contributed by atoms with Gasteiger partial charge < -0.3 is 5.11 Å². The Kier molecular flexibility index (Phi) is 6.04. The van der Waals surface area contributed by atoms with Gasteiger partial charge in [-0.1, -0.05) is 25.1 Å². The van der Waals surface area contributed by atoms with Crippen molar-refractivity contribution in [3.8, 4) is 0 Å². The van der Waals surface area contributed by atoms with E-state index in [1.165, 1.54) is 29.2 Å². The molecule has 10 heteroatoms. The maximum Gasteiger partial charge on any atom is 0.138 e. The highest BCUT2D eigenvalue weighted by atomic mass is 19.1. The third kappa shape index (κ3) is 4.54. The van der Waals surface area contributed by atoms with Crippen LogP contribution in [0.1, 0.15) is 29.7 Å². The number of hydrogen-bond acceptors (Lipinski definition) is 5. The van der Waals surface area contributed by atoms with Crippen LogP contribution in [0.5, 0.6) is 0 Å². The number of nitrogens with zero attached hydrogens (tertiary/aromatic N) is 6. The van der Waals surface area contributed by atoms with Gasteiger partial charge >= 0.3 is 0 Å². The molecule has 2 atom stereocenters. The van der Waals surface area contributed by atoms with Crippen molar-refractivity contribution in [3.63, 3.8) is 0 Å². The second-order valence-electron chi connectivity index (χ2n) is 7.66. The highest BCUT2D eigenvalue weighted by molar-refractivity contribution is 5.29. The topological polar surface area (TPSA) is 81.6 Å². The average Bonchev–Trinajstić information content (AvgIpc) is 3.44. The summed E-state index contributed by atoms with van der Waals surface area (Å²) >= 11 is 0. The molecule has 32 heavy (non-hydrogen) atoms. The van der Waals surface area contributed by atoms with Crippen molar-refractivity contribution < 1.29 is 18.3 Å². The summed E-state index contributed by atoms with van der Waals surface area (Å²) in [4.78, 5) is 0. The van der Waals surface area contributed by atoms with Gasteiger partial charge in [0.1, 0.15) is 29.4 Å². The number of aliphatic hydroxyl groups is 1. The molecule has 4 rings (SSSR count). The van der Waals surface area contributed by atoms with Crippen LogP contribution in [0.25, 0.3) is 0 Å². The van der Waals surface area contributed by atoms with Gasteiger partial charge in [0.25, 0.3) is 0 Å². The van der Waals surface area contributed by atoms with E-state index in [2.05, 4.69) is 20.6 Å². The summed E-state index contributed by atoms with van der Waals surface area (Å²) in [7, 11) is 0. The second kappa shape index (κ2) is 8.91. The van der Waals surface area contributed by atoms with Crippen molar-refractivity contribution in [3.05, 3.63) is 95.3 Å². The van der Waals surface area contributed by atoms with E-state index in [-0.39, 0.29) is 17.9 Å². The Bertz CT molecular complexity index is 1180. The molecule has 1 N–H and O–H groups in total. The minimum atomic E-state index is -1.80. The van der Waals surface area contributed by atoms with Crippen molar-refractivity contribution in [1.82, 2.24) is 30.0 Å². The standard InChI is InChI=1S/C22H21F3N6O/c1-15(21-9-11-30(27-21)10-8-16-2-4-17(23)5-3-16)22(32,13-31-14-26-28-29-31)19-7-6-18(24)12-20(19)25/h2-7,9,11-12,14-15,32H,8,10,13H2,1H3/t15-,22+/m0/s1. The molecule has 2 heterocycles. The SMILES string of the molecule is C[C@@H](c1ccn(CCc2ccc(F)cc2)n1)[C@](O)(Cn1cnnn1)c1ccc(F)cc1F. The quantitative estimate of drug-likeness (QED) is 0.453. The zero-order valence-electron chi connectivity index (χ0n) is 17.2. The van der Waals surface area contributed by atoms with E-state index < -0.39 is 23.2 Å². The smallest absolute Gasteiger partial charge is 0.138 e. The summed E-state index contributed by atoms with van der Waals surface area (Å²) in [6, 6.07) is 11.0. The van der Waals surface area contributed by atoms with Gasteiger partial charge in [-0.25, -0.2) is 17.9 Å². The lowest BCUT2D eigenvalue weighted by Crippen LogP contribution is -2.38. The van der Waals surface area contributed by atoms with Crippen LogP contribution in [-0.4, -0.2) is 35.1 Å². The first-order valence-electron chi connectivity index (χ1n) is 10.0. The van der Waals surface area contributed by atoms with Gasteiger partial charge in [-0.2, -0.15) is 5.10 Å². The van der Waals surface area contributed by atoms with Crippen LogP contribution in [0.4, 0.5) is 13.2 Å². The summed E-state index contributed by atoms with van der Waals surface area (Å²) in [6.45, 7) is 2.08. The van der Waals surface area contributed by atoms with Crippen LogP contribution in [0, 0.1) is 17.5 Å². The zero-order valence-corrected chi connectivity index (χ0v) is 17.2. The van der Waals surface area contributed by atoms with Crippen LogP contribution in [0.3, 0.4) is 0 Å². The first-order chi connectivity index (χ1) is 15.3. The van der Waals surface area contributed by atoms with Gasteiger partial charge in [-0.3, -0.25) is 4.68 Å².